The molecule has 1 N–H and O–H groups in total. The Kier molecular flexibility index (Phi) is 6.36. The molecule has 3 heterocycles. The summed E-state index contributed by atoms with van der Waals surface area (Å²) in [6, 6.07) is 15.7. The molecule has 0 aliphatic carbocycles. The van der Waals surface area contributed by atoms with E-state index in [-0.39, 0.29) is 11.8 Å². The summed E-state index contributed by atoms with van der Waals surface area (Å²) in [6.45, 7) is 8.52. The van der Waals surface area contributed by atoms with Crippen molar-refractivity contribution in [3.63, 3.8) is 0 Å². The third-order valence-electron chi connectivity index (χ3n) is 7.74. The van der Waals surface area contributed by atoms with Crippen LogP contribution in [0.25, 0.3) is 11.3 Å². The van der Waals surface area contributed by atoms with Crippen LogP contribution >= 0.6 is 0 Å². The first-order chi connectivity index (χ1) is 17.4. The Labute approximate surface area is 211 Å². The van der Waals surface area contributed by atoms with Gasteiger partial charge in [-0.2, -0.15) is 5.26 Å². The third-order valence-corrected chi connectivity index (χ3v) is 7.74. The lowest BCUT2D eigenvalue weighted by molar-refractivity contribution is -0.129. The first-order valence-corrected chi connectivity index (χ1v) is 12.6. The number of H-pyrrole nitrogens is 1. The van der Waals surface area contributed by atoms with Crippen LogP contribution in [0.5, 0.6) is 0 Å². The van der Waals surface area contributed by atoms with Crippen LogP contribution in [-0.2, 0) is 4.79 Å². The van der Waals surface area contributed by atoms with Gasteiger partial charge < -0.3 is 14.8 Å². The number of aromatic nitrogens is 2. The fraction of sp³-hybridized carbons (Fsp3) is 0.379. The highest BCUT2D eigenvalue weighted by Gasteiger charge is 2.33. The lowest BCUT2D eigenvalue weighted by atomic mass is 9.89. The second kappa shape index (κ2) is 9.62. The van der Waals surface area contributed by atoms with Crippen molar-refractivity contribution in [3.05, 3.63) is 76.2 Å². The Morgan fingerprint density at radius 1 is 1.00 bits per heavy atom. The summed E-state index contributed by atoms with van der Waals surface area (Å²) in [6.07, 6.45) is 1.80. The predicted molar refractivity (Wildman–Crippen MR) is 138 cm³/mol. The van der Waals surface area contributed by atoms with Crippen molar-refractivity contribution in [2.45, 2.75) is 45.4 Å². The minimum atomic E-state index is 0.0493. The lowest BCUT2D eigenvalue weighted by Gasteiger charge is -2.40. The summed E-state index contributed by atoms with van der Waals surface area (Å²) < 4.78 is 0. The first kappa shape index (κ1) is 23.8. The number of piperidine rings is 1. The lowest BCUT2D eigenvalue weighted by Crippen LogP contribution is -2.48. The van der Waals surface area contributed by atoms with Gasteiger partial charge in [0.25, 0.3) is 5.91 Å². The standard InChI is InChI=1S/C29H31N5O2/c1-18-25(27-19(2)31-28(32-27)23-11-13-33(14-12-23)20(3)35)5-4-6-26(18)29(36)34-16-24(17-34)22-9-7-21(15-30)8-10-22/h4-10,23-24H,11-14,16-17H2,1-3H3,(H,31,32). The zero-order valence-corrected chi connectivity index (χ0v) is 21.0. The molecule has 0 saturated carbocycles. The van der Waals surface area contributed by atoms with Gasteiger partial charge in [0.15, 0.2) is 0 Å². The van der Waals surface area contributed by atoms with Gasteiger partial charge in [-0.25, -0.2) is 4.98 Å². The number of amides is 2. The van der Waals surface area contributed by atoms with Gasteiger partial charge in [-0.3, -0.25) is 9.59 Å². The number of imidazole rings is 1. The van der Waals surface area contributed by atoms with Crippen molar-refractivity contribution in [1.82, 2.24) is 19.8 Å². The molecule has 184 valence electrons. The highest BCUT2D eigenvalue weighted by molar-refractivity contribution is 5.98. The van der Waals surface area contributed by atoms with Gasteiger partial charge in [0, 0.05) is 56.1 Å². The monoisotopic (exact) mass is 481 g/mol. The Morgan fingerprint density at radius 3 is 2.33 bits per heavy atom. The molecular weight excluding hydrogens is 450 g/mol. The van der Waals surface area contributed by atoms with Gasteiger partial charge >= 0.3 is 0 Å². The second-order valence-corrected chi connectivity index (χ2v) is 9.98. The topological polar surface area (TPSA) is 93.1 Å². The van der Waals surface area contributed by atoms with Gasteiger partial charge in [0.1, 0.15) is 5.82 Å². The molecule has 2 aliphatic rings. The average Bonchev–Trinajstić information content (AvgIpc) is 3.25. The number of carbonyl (C=O) groups is 2. The van der Waals surface area contributed by atoms with Gasteiger partial charge in [-0.05, 0) is 56.0 Å². The Balaban J connectivity index is 1.30. The Hall–Kier alpha value is -3.92. The van der Waals surface area contributed by atoms with Crippen LogP contribution in [0.4, 0.5) is 0 Å². The minimum Gasteiger partial charge on any atom is -0.343 e. The SMILES string of the molecule is CC(=O)N1CCC(c2nc(C)c(-c3cccc(C(=O)N4CC(c5ccc(C#N)cc5)C4)c3C)[nH]2)CC1. The fourth-order valence-corrected chi connectivity index (χ4v) is 5.40. The molecule has 0 bridgehead atoms. The van der Waals surface area contributed by atoms with Crippen molar-refractivity contribution in [2.75, 3.05) is 26.2 Å². The number of rotatable bonds is 4. The summed E-state index contributed by atoms with van der Waals surface area (Å²) in [7, 11) is 0. The molecule has 0 atom stereocenters. The summed E-state index contributed by atoms with van der Waals surface area (Å²) >= 11 is 0. The van der Waals surface area contributed by atoms with E-state index in [1.54, 1.807) is 6.92 Å². The molecular formula is C29H31N5O2. The Morgan fingerprint density at radius 2 is 1.69 bits per heavy atom. The van der Waals surface area contributed by atoms with E-state index in [1.165, 1.54) is 5.56 Å². The predicted octanol–water partition coefficient (Wildman–Crippen LogP) is 4.53. The molecule has 2 amide bonds. The largest absolute Gasteiger partial charge is 0.343 e. The van der Waals surface area contributed by atoms with Gasteiger partial charge in [-0.1, -0.05) is 24.3 Å². The maximum Gasteiger partial charge on any atom is 0.254 e. The molecule has 1 aromatic heterocycles. The van der Waals surface area contributed by atoms with Crippen LogP contribution in [0.3, 0.4) is 0 Å². The zero-order valence-electron chi connectivity index (χ0n) is 21.0. The molecule has 0 radical (unpaired) electrons. The maximum atomic E-state index is 13.4. The molecule has 7 nitrogen and oxygen atoms in total. The van der Waals surface area contributed by atoms with Crippen LogP contribution in [0.15, 0.2) is 42.5 Å². The summed E-state index contributed by atoms with van der Waals surface area (Å²) in [5, 5.41) is 9.00. The van der Waals surface area contributed by atoms with E-state index in [4.69, 9.17) is 10.2 Å². The van der Waals surface area contributed by atoms with Gasteiger partial charge in [0.2, 0.25) is 5.91 Å². The van der Waals surface area contributed by atoms with E-state index in [0.29, 0.717) is 30.5 Å². The third kappa shape index (κ3) is 4.39. The van der Waals surface area contributed by atoms with E-state index in [1.807, 2.05) is 66.1 Å². The minimum absolute atomic E-state index is 0.0493. The molecule has 2 fully saturated rings. The van der Waals surface area contributed by atoms with E-state index >= 15 is 0 Å². The van der Waals surface area contributed by atoms with Gasteiger partial charge in [0.05, 0.1) is 23.0 Å². The van der Waals surface area contributed by atoms with Crippen molar-refractivity contribution < 1.29 is 9.59 Å². The molecule has 5 rings (SSSR count). The van der Waals surface area contributed by atoms with Gasteiger partial charge in [-0.15, -0.1) is 0 Å². The summed E-state index contributed by atoms with van der Waals surface area (Å²) in [5.41, 5.74) is 6.38. The molecule has 36 heavy (non-hydrogen) atoms. The number of nitrogens with one attached hydrogen (secondary N) is 1. The quantitative estimate of drug-likeness (QED) is 0.592. The number of nitrogens with zero attached hydrogens (tertiary/aromatic N) is 4. The number of carbonyl (C=O) groups excluding carboxylic acids is 2. The van der Waals surface area contributed by atoms with Crippen LogP contribution in [0, 0.1) is 25.2 Å². The van der Waals surface area contributed by atoms with Crippen LogP contribution < -0.4 is 0 Å². The number of hydrogen-bond donors (Lipinski definition) is 1. The van der Waals surface area contributed by atoms with Crippen molar-refractivity contribution >= 4 is 11.8 Å². The molecule has 7 heteroatoms. The number of nitriles is 1. The van der Waals surface area contributed by atoms with Crippen molar-refractivity contribution in [1.29, 1.82) is 5.26 Å². The summed E-state index contributed by atoms with van der Waals surface area (Å²) in [4.78, 5) is 37.2. The molecule has 3 aromatic rings. The molecule has 2 aromatic carbocycles. The normalized spacial score (nSPS) is 16.5. The highest BCUT2D eigenvalue weighted by Crippen LogP contribution is 2.34. The molecule has 2 aliphatic heterocycles. The first-order valence-electron chi connectivity index (χ1n) is 12.6. The van der Waals surface area contributed by atoms with Crippen molar-refractivity contribution in [3.8, 4) is 17.3 Å². The van der Waals surface area contributed by atoms with E-state index < -0.39 is 0 Å². The number of benzene rings is 2. The number of likely N-dealkylation sites (tertiary alicyclic amines) is 2. The van der Waals surface area contributed by atoms with Crippen LogP contribution in [0.1, 0.15) is 70.2 Å². The maximum absolute atomic E-state index is 13.4. The van der Waals surface area contributed by atoms with E-state index in [9.17, 15) is 9.59 Å². The second-order valence-electron chi connectivity index (χ2n) is 9.98. The van der Waals surface area contributed by atoms with E-state index in [0.717, 1.165) is 59.8 Å². The van der Waals surface area contributed by atoms with Crippen LogP contribution in [0.2, 0.25) is 0 Å². The molecule has 2 saturated heterocycles. The molecule has 0 spiro atoms. The average molecular weight is 482 g/mol. The number of aromatic amines is 1. The fourth-order valence-electron chi connectivity index (χ4n) is 5.40. The van der Waals surface area contributed by atoms with E-state index in [2.05, 4.69) is 11.1 Å². The molecule has 0 unspecified atom stereocenters. The number of hydrogen-bond acceptors (Lipinski definition) is 4. The summed E-state index contributed by atoms with van der Waals surface area (Å²) in [5.74, 6) is 1.76. The smallest absolute Gasteiger partial charge is 0.254 e. The number of aryl methyl sites for hydroxylation is 1. The highest BCUT2D eigenvalue weighted by atomic mass is 16.2. The van der Waals surface area contributed by atoms with Crippen molar-refractivity contribution in [2.24, 2.45) is 0 Å². The Bertz CT molecular complexity index is 1340. The zero-order chi connectivity index (χ0) is 25.4. The van der Waals surface area contributed by atoms with Crippen LogP contribution in [-0.4, -0.2) is 57.8 Å².